The van der Waals surface area contributed by atoms with Gasteiger partial charge >= 0.3 is 0 Å². The lowest BCUT2D eigenvalue weighted by atomic mass is 10.2. The third kappa shape index (κ3) is 2.13. The standard InChI is InChI=1S/C12H15NO/c1-13(12(14)11-7-8-11)9-10-5-3-2-4-6-10/h2-6,11H,7-9H2,1H3. The minimum atomic E-state index is 0.300. The maximum atomic E-state index is 11.6. The number of carbonyl (C=O) groups excluding carboxylic acids is 1. The average Bonchev–Trinajstić information content (AvgIpc) is 3.01. The van der Waals surface area contributed by atoms with Gasteiger partial charge in [-0.2, -0.15) is 0 Å². The van der Waals surface area contributed by atoms with Crippen molar-refractivity contribution >= 4 is 5.91 Å². The SMILES string of the molecule is CN(Cc1ccccc1)C(=O)C1CC1. The topological polar surface area (TPSA) is 20.3 Å². The van der Waals surface area contributed by atoms with E-state index in [1.54, 1.807) is 0 Å². The van der Waals surface area contributed by atoms with Gasteiger partial charge in [-0.1, -0.05) is 30.3 Å². The molecule has 1 saturated carbocycles. The summed E-state index contributed by atoms with van der Waals surface area (Å²) in [7, 11) is 1.88. The first kappa shape index (κ1) is 9.25. The lowest BCUT2D eigenvalue weighted by Gasteiger charge is -2.16. The van der Waals surface area contributed by atoms with Crippen molar-refractivity contribution in [3.8, 4) is 0 Å². The van der Waals surface area contributed by atoms with Crippen molar-refractivity contribution in [3.63, 3.8) is 0 Å². The van der Waals surface area contributed by atoms with Crippen molar-refractivity contribution < 1.29 is 4.79 Å². The highest BCUT2D eigenvalue weighted by Crippen LogP contribution is 2.30. The Morgan fingerprint density at radius 1 is 1.36 bits per heavy atom. The second kappa shape index (κ2) is 3.82. The number of nitrogens with zero attached hydrogens (tertiary/aromatic N) is 1. The van der Waals surface area contributed by atoms with Crippen LogP contribution in [-0.4, -0.2) is 17.9 Å². The summed E-state index contributed by atoms with van der Waals surface area (Å²) >= 11 is 0. The predicted molar refractivity (Wildman–Crippen MR) is 55.6 cm³/mol. The molecule has 74 valence electrons. The molecule has 1 fully saturated rings. The van der Waals surface area contributed by atoms with E-state index in [0.29, 0.717) is 11.8 Å². The van der Waals surface area contributed by atoms with Crippen molar-refractivity contribution in [3.05, 3.63) is 35.9 Å². The molecule has 0 spiro atoms. The normalized spacial score (nSPS) is 15.2. The highest BCUT2D eigenvalue weighted by molar-refractivity contribution is 5.80. The molecular formula is C12H15NO. The van der Waals surface area contributed by atoms with Gasteiger partial charge in [0.1, 0.15) is 0 Å². The first-order valence-corrected chi connectivity index (χ1v) is 5.06. The van der Waals surface area contributed by atoms with Gasteiger partial charge in [-0.05, 0) is 18.4 Å². The Kier molecular flexibility index (Phi) is 2.53. The van der Waals surface area contributed by atoms with Crippen molar-refractivity contribution in [1.82, 2.24) is 4.90 Å². The quantitative estimate of drug-likeness (QED) is 0.712. The van der Waals surface area contributed by atoms with E-state index >= 15 is 0 Å². The Morgan fingerprint density at radius 2 is 2.00 bits per heavy atom. The molecule has 1 aliphatic rings. The average molecular weight is 189 g/mol. The number of carbonyl (C=O) groups is 1. The van der Waals surface area contributed by atoms with Crippen LogP contribution in [0.3, 0.4) is 0 Å². The molecular weight excluding hydrogens is 174 g/mol. The van der Waals surface area contributed by atoms with Crippen molar-refractivity contribution in [2.45, 2.75) is 19.4 Å². The van der Waals surface area contributed by atoms with Crippen LogP contribution in [-0.2, 0) is 11.3 Å². The smallest absolute Gasteiger partial charge is 0.225 e. The second-order valence-corrected chi connectivity index (χ2v) is 3.95. The first-order valence-electron chi connectivity index (χ1n) is 5.06. The molecule has 0 radical (unpaired) electrons. The van der Waals surface area contributed by atoms with Gasteiger partial charge in [-0.3, -0.25) is 4.79 Å². The summed E-state index contributed by atoms with van der Waals surface area (Å²) < 4.78 is 0. The Balaban J connectivity index is 1.93. The van der Waals surface area contributed by atoms with Crippen molar-refractivity contribution in [2.75, 3.05) is 7.05 Å². The first-order chi connectivity index (χ1) is 6.77. The maximum Gasteiger partial charge on any atom is 0.225 e. The second-order valence-electron chi connectivity index (χ2n) is 3.95. The summed E-state index contributed by atoms with van der Waals surface area (Å²) in [5.41, 5.74) is 1.20. The van der Waals surface area contributed by atoms with Crippen LogP contribution in [0.4, 0.5) is 0 Å². The number of benzene rings is 1. The van der Waals surface area contributed by atoms with Crippen LogP contribution in [0.1, 0.15) is 18.4 Å². The summed E-state index contributed by atoms with van der Waals surface area (Å²) in [5.74, 6) is 0.623. The molecule has 0 atom stereocenters. The van der Waals surface area contributed by atoms with Crippen LogP contribution in [0.25, 0.3) is 0 Å². The fourth-order valence-corrected chi connectivity index (χ4v) is 1.58. The van der Waals surface area contributed by atoms with Gasteiger partial charge in [0.2, 0.25) is 5.91 Å². The molecule has 2 heteroatoms. The molecule has 2 nitrogen and oxygen atoms in total. The van der Waals surface area contributed by atoms with E-state index in [0.717, 1.165) is 19.4 Å². The molecule has 2 rings (SSSR count). The summed E-state index contributed by atoms with van der Waals surface area (Å²) in [5, 5.41) is 0. The summed E-state index contributed by atoms with van der Waals surface area (Å²) in [4.78, 5) is 13.5. The monoisotopic (exact) mass is 189 g/mol. The molecule has 1 aromatic rings. The fraction of sp³-hybridized carbons (Fsp3) is 0.417. The summed E-state index contributed by atoms with van der Waals surface area (Å²) in [6.07, 6.45) is 2.16. The molecule has 1 aromatic carbocycles. The molecule has 0 N–H and O–H groups in total. The number of hydrogen-bond acceptors (Lipinski definition) is 1. The molecule has 1 amide bonds. The van der Waals surface area contributed by atoms with Gasteiger partial charge in [0.05, 0.1) is 0 Å². The Bertz CT molecular complexity index is 316. The predicted octanol–water partition coefficient (Wildman–Crippen LogP) is 2.05. The van der Waals surface area contributed by atoms with Crippen LogP contribution in [0.2, 0.25) is 0 Å². The van der Waals surface area contributed by atoms with Gasteiger partial charge in [0, 0.05) is 19.5 Å². The Labute approximate surface area is 84.5 Å². The number of rotatable bonds is 3. The van der Waals surface area contributed by atoms with Crippen LogP contribution >= 0.6 is 0 Å². The highest BCUT2D eigenvalue weighted by Gasteiger charge is 2.31. The van der Waals surface area contributed by atoms with Crippen LogP contribution in [0.5, 0.6) is 0 Å². The third-order valence-corrected chi connectivity index (χ3v) is 2.57. The van der Waals surface area contributed by atoms with E-state index in [-0.39, 0.29) is 0 Å². The lowest BCUT2D eigenvalue weighted by molar-refractivity contribution is -0.131. The minimum Gasteiger partial charge on any atom is -0.341 e. The van der Waals surface area contributed by atoms with Gasteiger partial charge in [0.15, 0.2) is 0 Å². The van der Waals surface area contributed by atoms with E-state index in [2.05, 4.69) is 12.1 Å². The van der Waals surface area contributed by atoms with Gasteiger partial charge in [-0.25, -0.2) is 0 Å². The number of hydrogen-bond donors (Lipinski definition) is 0. The molecule has 0 unspecified atom stereocenters. The molecule has 0 bridgehead atoms. The molecule has 1 aliphatic carbocycles. The van der Waals surface area contributed by atoms with Gasteiger partial charge < -0.3 is 4.90 Å². The summed E-state index contributed by atoms with van der Waals surface area (Å²) in [6.45, 7) is 0.732. The number of amides is 1. The van der Waals surface area contributed by atoms with Crippen LogP contribution < -0.4 is 0 Å². The molecule has 0 aromatic heterocycles. The van der Waals surface area contributed by atoms with Gasteiger partial charge in [0.25, 0.3) is 0 Å². The zero-order valence-corrected chi connectivity index (χ0v) is 8.44. The van der Waals surface area contributed by atoms with Crippen LogP contribution in [0.15, 0.2) is 30.3 Å². The molecule has 14 heavy (non-hydrogen) atoms. The largest absolute Gasteiger partial charge is 0.341 e. The maximum absolute atomic E-state index is 11.6. The lowest BCUT2D eigenvalue weighted by Crippen LogP contribution is -2.27. The molecule has 0 heterocycles. The van der Waals surface area contributed by atoms with E-state index in [9.17, 15) is 4.79 Å². The highest BCUT2D eigenvalue weighted by atomic mass is 16.2. The van der Waals surface area contributed by atoms with Crippen LogP contribution in [0, 0.1) is 5.92 Å². The molecule has 0 saturated heterocycles. The van der Waals surface area contributed by atoms with Crippen molar-refractivity contribution in [1.29, 1.82) is 0 Å². The van der Waals surface area contributed by atoms with E-state index < -0.39 is 0 Å². The fourth-order valence-electron chi connectivity index (χ4n) is 1.58. The Hall–Kier alpha value is -1.31. The van der Waals surface area contributed by atoms with Gasteiger partial charge in [-0.15, -0.1) is 0 Å². The van der Waals surface area contributed by atoms with E-state index in [4.69, 9.17) is 0 Å². The molecule has 0 aliphatic heterocycles. The Morgan fingerprint density at radius 3 is 2.57 bits per heavy atom. The van der Waals surface area contributed by atoms with Crippen molar-refractivity contribution in [2.24, 2.45) is 5.92 Å². The summed E-state index contributed by atoms with van der Waals surface area (Å²) in [6, 6.07) is 10.1. The third-order valence-electron chi connectivity index (χ3n) is 2.57. The minimum absolute atomic E-state index is 0.300. The zero-order chi connectivity index (χ0) is 9.97. The van der Waals surface area contributed by atoms with E-state index in [1.165, 1.54) is 5.56 Å². The zero-order valence-electron chi connectivity index (χ0n) is 8.44. The van der Waals surface area contributed by atoms with E-state index in [1.807, 2.05) is 30.1 Å².